The maximum absolute atomic E-state index is 6.00. The number of rotatable bonds is 4. The van der Waals surface area contributed by atoms with E-state index in [9.17, 15) is 0 Å². The molecular formula is C13H18IN3O. The van der Waals surface area contributed by atoms with Crippen molar-refractivity contribution in [1.82, 2.24) is 9.55 Å². The first-order valence-electron chi connectivity index (χ1n) is 5.98. The van der Waals surface area contributed by atoms with Crippen molar-refractivity contribution in [3.05, 3.63) is 21.8 Å². The summed E-state index contributed by atoms with van der Waals surface area (Å²) in [5, 5.41) is 0. The van der Waals surface area contributed by atoms with Crippen LogP contribution in [0.15, 0.2) is 18.2 Å². The standard InChI is InChI=1S/C13H18IN3O/c1-4-18-13(2,3)8-17-11-6-5-9(14)7-10(11)16-12(17)15/h5-7H,4,8H2,1-3H3,(H2,15,16). The third kappa shape index (κ3) is 2.77. The molecule has 18 heavy (non-hydrogen) atoms. The van der Waals surface area contributed by atoms with Gasteiger partial charge >= 0.3 is 0 Å². The number of ether oxygens (including phenoxy) is 1. The molecule has 0 fully saturated rings. The van der Waals surface area contributed by atoms with Crippen molar-refractivity contribution in [1.29, 1.82) is 0 Å². The fraction of sp³-hybridized carbons (Fsp3) is 0.462. The molecule has 0 unspecified atom stereocenters. The highest BCUT2D eigenvalue weighted by atomic mass is 127. The number of benzene rings is 1. The van der Waals surface area contributed by atoms with Crippen LogP contribution in [0.3, 0.4) is 0 Å². The second-order valence-corrected chi connectivity index (χ2v) is 6.13. The Morgan fingerprint density at radius 2 is 2.17 bits per heavy atom. The van der Waals surface area contributed by atoms with Gasteiger partial charge in [-0.1, -0.05) is 0 Å². The monoisotopic (exact) mass is 359 g/mol. The molecule has 1 aromatic heterocycles. The van der Waals surface area contributed by atoms with Crippen LogP contribution >= 0.6 is 22.6 Å². The summed E-state index contributed by atoms with van der Waals surface area (Å²) in [7, 11) is 0. The minimum Gasteiger partial charge on any atom is -0.374 e. The third-order valence-corrected chi connectivity index (χ3v) is 3.48. The van der Waals surface area contributed by atoms with E-state index in [-0.39, 0.29) is 5.60 Å². The molecule has 0 spiro atoms. The molecule has 1 aromatic carbocycles. The number of anilines is 1. The van der Waals surface area contributed by atoms with Gasteiger partial charge in [0.25, 0.3) is 0 Å². The fourth-order valence-electron chi connectivity index (χ4n) is 2.10. The highest BCUT2D eigenvalue weighted by molar-refractivity contribution is 14.1. The van der Waals surface area contributed by atoms with Crippen LogP contribution in [0.25, 0.3) is 11.0 Å². The molecule has 1 heterocycles. The summed E-state index contributed by atoms with van der Waals surface area (Å²) >= 11 is 2.28. The predicted octanol–water partition coefficient (Wildman–Crippen LogP) is 3.04. The van der Waals surface area contributed by atoms with Crippen molar-refractivity contribution < 1.29 is 4.74 Å². The topological polar surface area (TPSA) is 53.1 Å². The molecule has 2 N–H and O–H groups in total. The van der Waals surface area contributed by atoms with Crippen molar-refractivity contribution in [2.75, 3.05) is 12.3 Å². The maximum atomic E-state index is 6.00. The van der Waals surface area contributed by atoms with Crippen molar-refractivity contribution in [3.63, 3.8) is 0 Å². The van der Waals surface area contributed by atoms with E-state index in [4.69, 9.17) is 10.5 Å². The summed E-state index contributed by atoms with van der Waals surface area (Å²) in [5.41, 5.74) is 7.74. The minimum absolute atomic E-state index is 0.250. The molecule has 0 atom stereocenters. The molecular weight excluding hydrogens is 341 g/mol. The van der Waals surface area contributed by atoms with E-state index in [0.29, 0.717) is 19.1 Å². The van der Waals surface area contributed by atoms with Crippen LogP contribution in [0, 0.1) is 3.57 Å². The number of hydrogen-bond acceptors (Lipinski definition) is 3. The molecule has 98 valence electrons. The number of halogens is 1. The molecule has 0 amide bonds. The Morgan fingerprint density at radius 3 is 2.83 bits per heavy atom. The summed E-state index contributed by atoms with van der Waals surface area (Å²) < 4.78 is 8.90. The fourth-order valence-corrected chi connectivity index (χ4v) is 2.58. The van der Waals surface area contributed by atoms with E-state index >= 15 is 0 Å². The van der Waals surface area contributed by atoms with Gasteiger partial charge in [0.1, 0.15) is 0 Å². The Labute approximate surface area is 121 Å². The SMILES string of the molecule is CCOC(C)(C)Cn1c(N)nc2cc(I)ccc21. The van der Waals surface area contributed by atoms with Crippen molar-refractivity contribution >= 4 is 39.6 Å². The second kappa shape index (κ2) is 5.05. The maximum Gasteiger partial charge on any atom is 0.201 e. The lowest BCUT2D eigenvalue weighted by Crippen LogP contribution is -2.31. The lowest BCUT2D eigenvalue weighted by atomic mass is 10.1. The molecule has 5 heteroatoms. The van der Waals surface area contributed by atoms with E-state index in [0.717, 1.165) is 14.6 Å². The Morgan fingerprint density at radius 1 is 1.44 bits per heavy atom. The number of nitrogen functional groups attached to an aromatic ring is 1. The molecule has 0 saturated heterocycles. The summed E-state index contributed by atoms with van der Waals surface area (Å²) in [4.78, 5) is 4.40. The first-order chi connectivity index (χ1) is 8.43. The molecule has 2 aromatic rings. The van der Waals surface area contributed by atoms with Crippen molar-refractivity contribution in [2.45, 2.75) is 32.9 Å². The summed E-state index contributed by atoms with van der Waals surface area (Å²) in [6.07, 6.45) is 0. The molecule has 0 bridgehead atoms. The van der Waals surface area contributed by atoms with Crippen LogP contribution in [0.2, 0.25) is 0 Å². The first kappa shape index (κ1) is 13.6. The van der Waals surface area contributed by atoms with Gasteiger partial charge in [-0.05, 0) is 61.6 Å². The van der Waals surface area contributed by atoms with E-state index in [1.807, 2.05) is 17.6 Å². The van der Waals surface area contributed by atoms with Crippen LogP contribution in [-0.2, 0) is 11.3 Å². The summed E-state index contributed by atoms with van der Waals surface area (Å²) in [5.74, 6) is 0.541. The van der Waals surface area contributed by atoms with Crippen LogP contribution in [0.5, 0.6) is 0 Å². The highest BCUT2D eigenvalue weighted by Gasteiger charge is 2.21. The predicted molar refractivity (Wildman–Crippen MR) is 82.6 cm³/mol. The Kier molecular flexibility index (Phi) is 3.82. The smallest absolute Gasteiger partial charge is 0.201 e. The lowest BCUT2D eigenvalue weighted by molar-refractivity contribution is -0.0212. The van der Waals surface area contributed by atoms with E-state index in [1.54, 1.807) is 0 Å². The molecule has 4 nitrogen and oxygen atoms in total. The number of nitrogens with zero attached hydrogens (tertiary/aromatic N) is 2. The minimum atomic E-state index is -0.250. The van der Waals surface area contributed by atoms with Gasteiger partial charge in [0, 0.05) is 10.2 Å². The molecule has 0 aliphatic rings. The van der Waals surface area contributed by atoms with Gasteiger partial charge in [-0.2, -0.15) is 0 Å². The Balaban J connectivity index is 2.41. The van der Waals surface area contributed by atoms with Gasteiger partial charge in [-0.3, -0.25) is 0 Å². The molecule has 0 saturated carbocycles. The van der Waals surface area contributed by atoms with Gasteiger partial charge < -0.3 is 15.0 Å². The third-order valence-electron chi connectivity index (χ3n) is 2.81. The zero-order chi connectivity index (χ0) is 13.3. The second-order valence-electron chi connectivity index (χ2n) is 4.88. The zero-order valence-electron chi connectivity index (χ0n) is 10.9. The largest absolute Gasteiger partial charge is 0.374 e. The van der Waals surface area contributed by atoms with E-state index in [2.05, 4.69) is 53.6 Å². The Hall–Kier alpha value is -0.820. The lowest BCUT2D eigenvalue weighted by Gasteiger charge is -2.25. The van der Waals surface area contributed by atoms with Crippen LogP contribution in [-0.4, -0.2) is 21.8 Å². The van der Waals surface area contributed by atoms with E-state index < -0.39 is 0 Å². The average Bonchev–Trinajstić information content (AvgIpc) is 2.54. The zero-order valence-corrected chi connectivity index (χ0v) is 13.1. The quantitative estimate of drug-likeness (QED) is 0.854. The van der Waals surface area contributed by atoms with Gasteiger partial charge in [-0.25, -0.2) is 4.98 Å². The van der Waals surface area contributed by atoms with Gasteiger partial charge in [0.05, 0.1) is 23.2 Å². The van der Waals surface area contributed by atoms with Crippen LogP contribution in [0.4, 0.5) is 5.95 Å². The molecule has 0 aliphatic heterocycles. The normalized spacial score (nSPS) is 12.2. The highest BCUT2D eigenvalue weighted by Crippen LogP contribution is 2.23. The molecule has 0 radical (unpaired) electrons. The summed E-state index contributed by atoms with van der Waals surface area (Å²) in [6, 6.07) is 6.16. The number of fused-ring (bicyclic) bond motifs is 1. The van der Waals surface area contributed by atoms with Gasteiger partial charge in [0.15, 0.2) is 0 Å². The number of nitrogens with two attached hydrogens (primary N) is 1. The van der Waals surface area contributed by atoms with Gasteiger partial charge in [-0.15, -0.1) is 0 Å². The first-order valence-corrected chi connectivity index (χ1v) is 7.06. The summed E-state index contributed by atoms with van der Waals surface area (Å²) in [6.45, 7) is 7.52. The van der Waals surface area contributed by atoms with Crippen LogP contribution < -0.4 is 5.73 Å². The van der Waals surface area contributed by atoms with Gasteiger partial charge in [0.2, 0.25) is 5.95 Å². The van der Waals surface area contributed by atoms with Crippen LogP contribution in [0.1, 0.15) is 20.8 Å². The Bertz CT molecular complexity index is 563. The molecule has 2 rings (SSSR count). The molecule has 0 aliphatic carbocycles. The number of aromatic nitrogens is 2. The number of hydrogen-bond donors (Lipinski definition) is 1. The van der Waals surface area contributed by atoms with Crippen molar-refractivity contribution in [2.24, 2.45) is 0 Å². The number of imidazole rings is 1. The average molecular weight is 359 g/mol. The van der Waals surface area contributed by atoms with Crippen molar-refractivity contribution in [3.8, 4) is 0 Å². The van der Waals surface area contributed by atoms with E-state index in [1.165, 1.54) is 0 Å².